The number of sulfonamides is 1. The number of nitro groups is 1. The smallest absolute Gasteiger partial charge is 0.296 e. The SMILES string of the molecule is CNS(=O)(=O)c1cccc(CNc2c(F)cc([N+](=O)[O-])c(N)c2Br)c1. The van der Waals surface area contributed by atoms with Gasteiger partial charge in [0.1, 0.15) is 5.69 Å². The maximum Gasteiger partial charge on any atom is 0.296 e. The quantitative estimate of drug-likeness (QED) is 0.365. The van der Waals surface area contributed by atoms with Crippen LogP contribution in [0.25, 0.3) is 0 Å². The first-order valence-corrected chi connectivity index (χ1v) is 9.13. The van der Waals surface area contributed by atoms with Crippen LogP contribution in [0.5, 0.6) is 0 Å². The van der Waals surface area contributed by atoms with Gasteiger partial charge in [0.15, 0.2) is 5.82 Å². The Labute approximate surface area is 151 Å². The van der Waals surface area contributed by atoms with Crippen molar-refractivity contribution < 1.29 is 17.7 Å². The zero-order chi connectivity index (χ0) is 18.8. The molecule has 0 aliphatic heterocycles. The van der Waals surface area contributed by atoms with Gasteiger partial charge in [0.05, 0.1) is 26.0 Å². The van der Waals surface area contributed by atoms with Crippen molar-refractivity contribution in [3.05, 3.63) is 56.3 Å². The zero-order valence-electron chi connectivity index (χ0n) is 12.9. The second-order valence-electron chi connectivity index (χ2n) is 4.95. The van der Waals surface area contributed by atoms with Gasteiger partial charge in [0.25, 0.3) is 5.69 Å². The molecule has 0 aromatic heterocycles. The Bertz CT molecular complexity index is 937. The van der Waals surface area contributed by atoms with Crippen molar-refractivity contribution in [1.29, 1.82) is 0 Å². The van der Waals surface area contributed by atoms with E-state index in [-0.39, 0.29) is 27.3 Å². The molecule has 0 heterocycles. The molecule has 0 spiro atoms. The summed E-state index contributed by atoms with van der Waals surface area (Å²) in [5.41, 5.74) is 5.40. The normalized spacial score (nSPS) is 11.3. The molecule has 8 nitrogen and oxygen atoms in total. The molecule has 0 saturated carbocycles. The van der Waals surface area contributed by atoms with E-state index >= 15 is 0 Å². The zero-order valence-corrected chi connectivity index (χ0v) is 15.3. The summed E-state index contributed by atoms with van der Waals surface area (Å²) in [5, 5.41) is 13.6. The third-order valence-electron chi connectivity index (χ3n) is 3.38. The number of halogens is 2. The number of hydrogen-bond donors (Lipinski definition) is 3. The van der Waals surface area contributed by atoms with Gasteiger partial charge in [-0.3, -0.25) is 10.1 Å². The predicted molar refractivity (Wildman–Crippen MR) is 95.2 cm³/mol. The van der Waals surface area contributed by atoms with E-state index in [0.717, 1.165) is 6.07 Å². The van der Waals surface area contributed by atoms with Crippen LogP contribution in [0.1, 0.15) is 5.56 Å². The molecule has 0 atom stereocenters. The molecule has 25 heavy (non-hydrogen) atoms. The predicted octanol–water partition coefficient (Wildman–Crippen LogP) is 2.60. The lowest BCUT2D eigenvalue weighted by Crippen LogP contribution is -2.18. The van der Waals surface area contributed by atoms with Gasteiger partial charge >= 0.3 is 0 Å². The Morgan fingerprint density at radius 3 is 2.64 bits per heavy atom. The molecule has 0 aliphatic rings. The highest BCUT2D eigenvalue weighted by Gasteiger charge is 2.21. The summed E-state index contributed by atoms with van der Waals surface area (Å²) in [5.74, 6) is -0.855. The fourth-order valence-electron chi connectivity index (χ4n) is 2.07. The molecule has 0 bridgehead atoms. The van der Waals surface area contributed by atoms with Crippen molar-refractivity contribution >= 4 is 43.0 Å². The van der Waals surface area contributed by atoms with E-state index in [9.17, 15) is 22.9 Å². The number of nitro benzene ring substituents is 1. The molecule has 4 N–H and O–H groups in total. The van der Waals surface area contributed by atoms with Crippen LogP contribution in [0, 0.1) is 15.9 Å². The van der Waals surface area contributed by atoms with Gasteiger partial charge in [-0.25, -0.2) is 17.5 Å². The van der Waals surface area contributed by atoms with Crippen LogP contribution in [0.2, 0.25) is 0 Å². The van der Waals surface area contributed by atoms with E-state index < -0.39 is 26.5 Å². The number of rotatable bonds is 6. The van der Waals surface area contributed by atoms with Crippen LogP contribution in [0.15, 0.2) is 39.7 Å². The van der Waals surface area contributed by atoms with E-state index in [1.807, 2.05) is 0 Å². The summed E-state index contributed by atoms with van der Waals surface area (Å²) < 4.78 is 40.0. The molecule has 0 amide bonds. The van der Waals surface area contributed by atoms with Gasteiger partial charge in [0.2, 0.25) is 10.0 Å². The van der Waals surface area contributed by atoms with Crippen molar-refractivity contribution in [3.63, 3.8) is 0 Å². The summed E-state index contributed by atoms with van der Waals surface area (Å²) in [4.78, 5) is 10.1. The first kappa shape index (κ1) is 19.1. The lowest BCUT2D eigenvalue weighted by atomic mass is 10.2. The molecule has 0 fully saturated rings. The van der Waals surface area contributed by atoms with Crippen LogP contribution in [-0.4, -0.2) is 20.4 Å². The van der Waals surface area contributed by atoms with Gasteiger partial charge in [-0.05, 0) is 40.7 Å². The lowest BCUT2D eigenvalue weighted by molar-refractivity contribution is -0.384. The number of anilines is 2. The van der Waals surface area contributed by atoms with Gasteiger partial charge < -0.3 is 11.1 Å². The third kappa shape index (κ3) is 4.06. The van der Waals surface area contributed by atoms with Crippen molar-refractivity contribution in [1.82, 2.24) is 4.72 Å². The van der Waals surface area contributed by atoms with E-state index in [1.165, 1.54) is 19.2 Å². The molecular weight excluding hydrogens is 419 g/mol. The van der Waals surface area contributed by atoms with Crippen molar-refractivity contribution in [2.45, 2.75) is 11.4 Å². The summed E-state index contributed by atoms with van der Waals surface area (Å²) in [7, 11) is -2.30. The monoisotopic (exact) mass is 432 g/mol. The number of nitrogens with zero attached hydrogens (tertiary/aromatic N) is 1. The molecule has 2 aromatic carbocycles. The largest absolute Gasteiger partial charge is 0.392 e. The van der Waals surface area contributed by atoms with Crippen LogP contribution >= 0.6 is 15.9 Å². The van der Waals surface area contributed by atoms with Crippen LogP contribution < -0.4 is 15.8 Å². The molecule has 2 aromatic rings. The number of nitrogens with one attached hydrogen (secondary N) is 2. The van der Waals surface area contributed by atoms with E-state index in [1.54, 1.807) is 12.1 Å². The van der Waals surface area contributed by atoms with Crippen molar-refractivity contribution in [3.8, 4) is 0 Å². The van der Waals surface area contributed by atoms with Crippen LogP contribution in [-0.2, 0) is 16.6 Å². The van der Waals surface area contributed by atoms with E-state index in [4.69, 9.17) is 5.73 Å². The topological polar surface area (TPSA) is 127 Å². The Balaban J connectivity index is 2.30. The second-order valence-corrected chi connectivity index (χ2v) is 7.63. The molecule has 2 rings (SSSR count). The first-order valence-electron chi connectivity index (χ1n) is 6.85. The first-order chi connectivity index (χ1) is 11.7. The summed E-state index contributed by atoms with van der Waals surface area (Å²) in [6.07, 6.45) is 0. The summed E-state index contributed by atoms with van der Waals surface area (Å²) >= 11 is 3.04. The third-order valence-corrected chi connectivity index (χ3v) is 5.61. The number of hydrogen-bond acceptors (Lipinski definition) is 6. The van der Waals surface area contributed by atoms with E-state index in [0.29, 0.717) is 5.56 Å². The highest BCUT2D eigenvalue weighted by molar-refractivity contribution is 9.10. The maximum absolute atomic E-state index is 14.1. The maximum atomic E-state index is 14.1. The molecule has 134 valence electrons. The fourth-order valence-corrected chi connectivity index (χ4v) is 3.40. The molecule has 0 radical (unpaired) electrons. The highest BCUT2D eigenvalue weighted by atomic mass is 79.9. The van der Waals surface area contributed by atoms with Gasteiger partial charge in [0, 0.05) is 6.54 Å². The average Bonchev–Trinajstić information content (AvgIpc) is 2.58. The Morgan fingerprint density at radius 1 is 1.36 bits per heavy atom. The van der Waals surface area contributed by atoms with Crippen molar-refractivity contribution in [2.24, 2.45) is 0 Å². The second kappa shape index (κ2) is 7.33. The van der Waals surface area contributed by atoms with Crippen molar-refractivity contribution in [2.75, 3.05) is 18.1 Å². The molecular formula is C14H14BrFN4O4S. The minimum Gasteiger partial charge on any atom is -0.392 e. The Hall–Kier alpha value is -2.24. The van der Waals surface area contributed by atoms with Gasteiger partial charge in [-0.15, -0.1) is 0 Å². The van der Waals surface area contributed by atoms with Gasteiger partial charge in [-0.2, -0.15) is 0 Å². The Kier molecular flexibility index (Phi) is 5.60. The van der Waals surface area contributed by atoms with Crippen LogP contribution in [0.3, 0.4) is 0 Å². The standard InChI is InChI=1S/C14H14BrFN4O4S/c1-18-25(23,24)9-4-2-3-8(5-9)7-19-14-10(16)6-11(20(21)22)13(17)12(14)15/h2-6,18-19H,7,17H2,1H3. The minimum absolute atomic E-state index is 0.0261. The Morgan fingerprint density at radius 2 is 2.04 bits per heavy atom. The fraction of sp³-hybridized carbons (Fsp3) is 0.143. The van der Waals surface area contributed by atoms with E-state index in [2.05, 4.69) is 26.0 Å². The molecule has 11 heteroatoms. The van der Waals surface area contributed by atoms with Gasteiger partial charge in [-0.1, -0.05) is 12.1 Å². The minimum atomic E-state index is -3.60. The number of benzene rings is 2. The molecule has 0 aliphatic carbocycles. The molecule has 0 unspecified atom stereocenters. The van der Waals surface area contributed by atoms with Crippen LogP contribution in [0.4, 0.5) is 21.5 Å². The average molecular weight is 433 g/mol. The summed E-state index contributed by atoms with van der Waals surface area (Å²) in [6, 6.07) is 6.79. The summed E-state index contributed by atoms with van der Waals surface area (Å²) in [6.45, 7) is 0.0832. The highest BCUT2D eigenvalue weighted by Crippen LogP contribution is 2.38. The number of nitrogen functional groups attached to an aromatic ring is 1. The lowest BCUT2D eigenvalue weighted by Gasteiger charge is -2.12. The number of nitrogens with two attached hydrogens (primary N) is 1. The molecule has 0 saturated heterocycles.